The molecule has 2 aromatic heterocycles. The molecule has 0 saturated carbocycles. The van der Waals surface area contributed by atoms with Crippen molar-refractivity contribution in [3.8, 4) is 22.9 Å². The number of likely N-dealkylation sites (tertiary alicyclic amines) is 1. The summed E-state index contributed by atoms with van der Waals surface area (Å²) in [5, 5.41) is 20.9. The van der Waals surface area contributed by atoms with Crippen LogP contribution in [0.3, 0.4) is 0 Å². The van der Waals surface area contributed by atoms with E-state index in [9.17, 15) is 5.26 Å². The van der Waals surface area contributed by atoms with Gasteiger partial charge in [0.25, 0.3) is 0 Å². The van der Waals surface area contributed by atoms with E-state index in [1.807, 2.05) is 41.2 Å². The molecule has 5 aromatic rings. The van der Waals surface area contributed by atoms with Gasteiger partial charge in [0.2, 0.25) is 0 Å². The van der Waals surface area contributed by atoms with Crippen LogP contribution >= 0.6 is 0 Å². The molecule has 0 amide bonds. The minimum atomic E-state index is 0.0488. The molecule has 6 heteroatoms. The van der Waals surface area contributed by atoms with Crippen molar-refractivity contribution in [2.24, 2.45) is 0 Å². The fraction of sp³-hybridized carbons (Fsp3) is 0.324. The SMILES string of the molecule is Cc1nn(-c2ccc(C#N)c(NC3CC(C)(C)N(C)C(C)(C)C3)c2)c2cccc(-c3cnc4ccccc4c3)c12. The van der Waals surface area contributed by atoms with Crippen molar-refractivity contribution in [1.29, 1.82) is 5.26 Å². The lowest BCUT2D eigenvalue weighted by atomic mass is 9.77. The van der Waals surface area contributed by atoms with E-state index >= 15 is 0 Å². The molecule has 0 atom stereocenters. The maximum atomic E-state index is 9.94. The predicted molar refractivity (Wildman–Crippen MR) is 164 cm³/mol. The van der Waals surface area contributed by atoms with Crippen LogP contribution in [-0.2, 0) is 0 Å². The predicted octanol–water partition coefficient (Wildman–Crippen LogP) is 7.48. The fourth-order valence-corrected chi connectivity index (χ4v) is 6.58. The quantitative estimate of drug-likeness (QED) is 0.262. The minimum Gasteiger partial charge on any atom is -0.381 e. The Kier molecular flexibility index (Phi) is 6.16. The lowest BCUT2D eigenvalue weighted by molar-refractivity contribution is -0.00767. The molecule has 6 rings (SSSR count). The number of nitrogens with zero attached hydrogens (tertiary/aromatic N) is 5. The van der Waals surface area contributed by atoms with Gasteiger partial charge in [0.15, 0.2) is 0 Å². The lowest BCUT2D eigenvalue weighted by Gasteiger charge is -2.54. The number of rotatable bonds is 4. The van der Waals surface area contributed by atoms with Crippen molar-refractivity contribution in [1.82, 2.24) is 19.7 Å². The number of pyridine rings is 1. The number of aryl methyl sites for hydroxylation is 1. The van der Waals surface area contributed by atoms with Crippen LogP contribution in [0.4, 0.5) is 5.69 Å². The number of nitriles is 1. The summed E-state index contributed by atoms with van der Waals surface area (Å²) in [6, 6.07) is 25.3. The molecule has 1 N–H and O–H groups in total. The normalized spacial score (nSPS) is 17.2. The number of fused-ring (bicyclic) bond motifs is 2. The fourth-order valence-electron chi connectivity index (χ4n) is 6.58. The molecule has 40 heavy (non-hydrogen) atoms. The van der Waals surface area contributed by atoms with Gasteiger partial charge in [-0.15, -0.1) is 0 Å². The Morgan fingerprint density at radius 1 is 0.950 bits per heavy atom. The first-order chi connectivity index (χ1) is 19.1. The van der Waals surface area contributed by atoms with E-state index in [1.54, 1.807) is 0 Å². The summed E-state index contributed by atoms with van der Waals surface area (Å²) < 4.78 is 2.00. The van der Waals surface area contributed by atoms with E-state index in [4.69, 9.17) is 10.1 Å². The van der Waals surface area contributed by atoms with Crippen LogP contribution in [0.5, 0.6) is 0 Å². The van der Waals surface area contributed by atoms with Crippen LogP contribution < -0.4 is 5.32 Å². The van der Waals surface area contributed by atoms with Gasteiger partial charge >= 0.3 is 0 Å². The van der Waals surface area contributed by atoms with Gasteiger partial charge in [-0.25, -0.2) is 4.68 Å². The second kappa shape index (κ2) is 9.46. The number of piperidine rings is 1. The van der Waals surface area contributed by atoms with E-state index in [0.29, 0.717) is 5.56 Å². The number of anilines is 1. The van der Waals surface area contributed by atoms with Crippen molar-refractivity contribution in [3.05, 3.63) is 84.2 Å². The molecule has 0 unspecified atom stereocenters. The van der Waals surface area contributed by atoms with Gasteiger partial charge in [0.05, 0.1) is 33.7 Å². The van der Waals surface area contributed by atoms with Crippen molar-refractivity contribution in [2.45, 2.75) is 64.6 Å². The molecule has 3 aromatic carbocycles. The van der Waals surface area contributed by atoms with Gasteiger partial charge in [-0.1, -0.05) is 30.3 Å². The molecule has 3 heterocycles. The zero-order chi connectivity index (χ0) is 28.2. The Morgan fingerprint density at radius 3 is 2.45 bits per heavy atom. The van der Waals surface area contributed by atoms with Crippen LogP contribution in [0.25, 0.3) is 38.6 Å². The summed E-state index contributed by atoms with van der Waals surface area (Å²) >= 11 is 0. The average molecular weight is 529 g/mol. The smallest absolute Gasteiger partial charge is 0.101 e. The van der Waals surface area contributed by atoms with Gasteiger partial charge < -0.3 is 5.32 Å². The Hall–Kier alpha value is -4.21. The Morgan fingerprint density at radius 2 is 1.70 bits per heavy atom. The first-order valence-corrected chi connectivity index (χ1v) is 14.0. The first kappa shape index (κ1) is 26.0. The zero-order valence-corrected chi connectivity index (χ0v) is 24.2. The topological polar surface area (TPSA) is 69.8 Å². The van der Waals surface area contributed by atoms with E-state index in [0.717, 1.165) is 62.8 Å². The standard InChI is InChI=1S/C34H36N6/c1-22-32-28(25-16-23-10-7-8-12-29(23)36-21-25)11-9-13-31(32)40(38-22)27-15-14-24(20-35)30(17-27)37-26-18-33(2,3)39(6)34(4,5)19-26/h7-17,21,26,37H,18-19H2,1-6H3. The van der Waals surface area contributed by atoms with Gasteiger partial charge in [-0.3, -0.25) is 9.88 Å². The van der Waals surface area contributed by atoms with Crippen LogP contribution in [0.15, 0.2) is 72.9 Å². The van der Waals surface area contributed by atoms with Gasteiger partial charge in [-0.05, 0) is 96.5 Å². The summed E-state index contributed by atoms with van der Waals surface area (Å²) in [5.41, 5.74) is 7.69. The largest absolute Gasteiger partial charge is 0.381 e. The molecule has 1 aliphatic rings. The van der Waals surface area contributed by atoms with Gasteiger partial charge in [0.1, 0.15) is 6.07 Å². The molecule has 0 radical (unpaired) electrons. The molecule has 202 valence electrons. The van der Waals surface area contributed by atoms with Crippen molar-refractivity contribution in [3.63, 3.8) is 0 Å². The van der Waals surface area contributed by atoms with Gasteiger partial charge in [-0.2, -0.15) is 10.4 Å². The van der Waals surface area contributed by atoms with Crippen molar-refractivity contribution in [2.75, 3.05) is 12.4 Å². The molecule has 1 saturated heterocycles. The summed E-state index contributed by atoms with van der Waals surface area (Å²) in [6.45, 7) is 11.2. The third-order valence-corrected chi connectivity index (χ3v) is 8.82. The van der Waals surface area contributed by atoms with E-state index in [1.165, 1.54) is 0 Å². The highest BCUT2D eigenvalue weighted by Crippen LogP contribution is 2.39. The molecule has 0 bridgehead atoms. The number of nitrogens with one attached hydrogen (secondary N) is 1. The number of para-hydroxylation sites is 1. The molecule has 6 nitrogen and oxygen atoms in total. The van der Waals surface area contributed by atoms with Crippen LogP contribution in [0, 0.1) is 18.3 Å². The first-order valence-electron chi connectivity index (χ1n) is 14.0. The van der Waals surface area contributed by atoms with Crippen LogP contribution in [-0.4, -0.2) is 43.8 Å². The summed E-state index contributed by atoms with van der Waals surface area (Å²) in [7, 11) is 2.21. The monoisotopic (exact) mass is 528 g/mol. The molecular weight excluding hydrogens is 492 g/mol. The number of hydrogen-bond donors (Lipinski definition) is 1. The van der Waals surface area contributed by atoms with Crippen LogP contribution in [0.1, 0.15) is 51.8 Å². The van der Waals surface area contributed by atoms with Gasteiger partial charge in [0, 0.05) is 39.7 Å². The van der Waals surface area contributed by atoms with E-state index in [-0.39, 0.29) is 17.1 Å². The highest BCUT2D eigenvalue weighted by molar-refractivity contribution is 5.99. The Balaban J connectivity index is 1.41. The second-order valence-electron chi connectivity index (χ2n) is 12.4. The summed E-state index contributed by atoms with van der Waals surface area (Å²) in [6.07, 6.45) is 3.94. The minimum absolute atomic E-state index is 0.0488. The van der Waals surface area contributed by atoms with E-state index in [2.05, 4.69) is 94.4 Å². The van der Waals surface area contributed by atoms with Crippen LogP contribution in [0.2, 0.25) is 0 Å². The summed E-state index contributed by atoms with van der Waals surface area (Å²) in [4.78, 5) is 7.17. The summed E-state index contributed by atoms with van der Waals surface area (Å²) in [5.74, 6) is 0. The second-order valence-corrected chi connectivity index (χ2v) is 12.4. The molecule has 1 fully saturated rings. The molecule has 0 aliphatic carbocycles. The third kappa shape index (κ3) is 4.41. The van der Waals surface area contributed by atoms with E-state index < -0.39 is 0 Å². The number of benzene rings is 3. The molecular formula is C34H36N6. The zero-order valence-electron chi connectivity index (χ0n) is 24.2. The maximum absolute atomic E-state index is 9.94. The lowest BCUT2D eigenvalue weighted by Crippen LogP contribution is -2.61. The van der Waals surface area contributed by atoms with Crippen molar-refractivity contribution < 1.29 is 0 Å². The highest BCUT2D eigenvalue weighted by atomic mass is 15.3. The highest BCUT2D eigenvalue weighted by Gasteiger charge is 2.43. The van der Waals surface area contributed by atoms with Crippen molar-refractivity contribution >= 4 is 27.5 Å². The number of aromatic nitrogens is 3. The molecule has 1 aliphatic heterocycles. The maximum Gasteiger partial charge on any atom is 0.101 e. The molecule has 0 spiro atoms. The Labute approximate surface area is 236 Å². The number of hydrogen-bond acceptors (Lipinski definition) is 5. The third-order valence-electron chi connectivity index (χ3n) is 8.82. The Bertz CT molecular complexity index is 1770. The average Bonchev–Trinajstić information content (AvgIpc) is 3.27.